The van der Waals surface area contributed by atoms with Crippen molar-refractivity contribution >= 4 is 51.9 Å². The van der Waals surface area contributed by atoms with Crippen LogP contribution in [-0.2, 0) is 11.4 Å². The smallest absolute Gasteiger partial charge is 0.266 e. The number of amides is 1. The summed E-state index contributed by atoms with van der Waals surface area (Å²) in [6.07, 6.45) is 1.47. The molecule has 8 heteroatoms. The van der Waals surface area contributed by atoms with E-state index in [0.717, 1.165) is 5.56 Å². The summed E-state index contributed by atoms with van der Waals surface area (Å²) in [6.45, 7) is 1.99. The number of ether oxygens (including phenoxy) is 2. The van der Waals surface area contributed by atoms with Gasteiger partial charge in [0.1, 0.15) is 24.1 Å². The molecule has 168 valence electrons. The summed E-state index contributed by atoms with van der Waals surface area (Å²) < 4.78 is 25.4. The Balaban J connectivity index is 1.84. The lowest BCUT2D eigenvalue weighted by Crippen LogP contribution is -2.14. The molecule has 0 aliphatic rings. The van der Waals surface area contributed by atoms with Gasteiger partial charge in [-0.3, -0.25) is 4.79 Å². The molecule has 0 aliphatic heterocycles. The van der Waals surface area contributed by atoms with Crippen LogP contribution in [-0.4, -0.2) is 13.0 Å². The van der Waals surface area contributed by atoms with E-state index in [2.05, 4.69) is 27.9 Å². The molecule has 0 spiro atoms. The number of methoxy groups -OCH3 is 1. The van der Waals surface area contributed by atoms with E-state index in [1.165, 1.54) is 25.3 Å². The highest BCUT2D eigenvalue weighted by Gasteiger charge is 2.15. The normalized spacial score (nSPS) is 11.0. The first-order valence-electron chi connectivity index (χ1n) is 9.74. The van der Waals surface area contributed by atoms with Gasteiger partial charge in [0, 0.05) is 10.7 Å². The molecule has 3 rings (SSSR count). The second kappa shape index (κ2) is 11.2. The highest BCUT2D eigenvalue weighted by atomic mass is 127. The summed E-state index contributed by atoms with van der Waals surface area (Å²) in [5, 5.41) is 12.7. The van der Waals surface area contributed by atoms with Crippen molar-refractivity contribution in [2.75, 3.05) is 12.4 Å². The predicted octanol–water partition coefficient (Wildman–Crippen LogP) is 6.53. The lowest BCUT2D eigenvalue weighted by atomic mass is 10.1. The zero-order chi connectivity index (χ0) is 24.0. The number of nitriles is 1. The third-order valence-electron chi connectivity index (χ3n) is 4.65. The van der Waals surface area contributed by atoms with E-state index in [1.54, 1.807) is 42.5 Å². The highest BCUT2D eigenvalue weighted by molar-refractivity contribution is 14.1. The van der Waals surface area contributed by atoms with Gasteiger partial charge >= 0.3 is 0 Å². The van der Waals surface area contributed by atoms with Crippen LogP contribution in [0.4, 0.5) is 10.1 Å². The van der Waals surface area contributed by atoms with Gasteiger partial charge < -0.3 is 14.8 Å². The van der Waals surface area contributed by atoms with Crippen molar-refractivity contribution in [2.45, 2.75) is 13.5 Å². The lowest BCUT2D eigenvalue weighted by Gasteiger charge is -2.14. The van der Waals surface area contributed by atoms with Gasteiger partial charge in [-0.1, -0.05) is 29.8 Å². The first kappa shape index (κ1) is 24.6. The Morgan fingerprint density at radius 3 is 2.73 bits per heavy atom. The Hall–Kier alpha value is -3.09. The standard InChI is InChI=1S/C25H19ClFIN2O3/c1-15-6-7-19(26)12-22(15)30-25(31)18(13-29)8-17-10-21(28)24(23(11-17)32-2)33-14-16-4-3-5-20(27)9-16/h3-12H,14H2,1-2H3,(H,30,31)/b18-8+. The minimum absolute atomic E-state index is 0.0827. The van der Waals surface area contributed by atoms with Crippen molar-refractivity contribution in [1.82, 2.24) is 0 Å². The van der Waals surface area contributed by atoms with Crippen LogP contribution in [0, 0.1) is 27.6 Å². The van der Waals surface area contributed by atoms with E-state index in [0.29, 0.717) is 36.9 Å². The quantitative estimate of drug-likeness (QED) is 0.197. The number of nitrogens with one attached hydrogen (secondary N) is 1. The van der Waals surface area contributed by atoms with E-state index in [1.807, 2.05) is 13.0 Å². The molecule has 0 bridgehead atoms. The molecule has 1 N–H and O–H groups in total. The fourth-order valence-electron chi connectivity index (χ4n) is 2.98. The van der Waals surface area contributed by atoms with E-state index < -0.39 is 5.91 Å². The molecule has 33 heavy (non-hydrogen) atoms. The van der Waals surface area contributed by atoms with Crippen LogP contribution < -0.4 is 14.8 Å². The largest absolute Gasteiger partial charge is 0.493 e. The van der Waals surface area contributed by atoms with Crippen LogP contribution in [0.3, 0.4) is 0 Å². The van der Waals surface area contributed by atoms with Crippen LogP contribution >= 0.6 is 34.2 Å². The monoisotopic (exact) mass is 576 g/mol. The van der Waals surface area contributed by atoms with Crippen molar-refractivity contribution in [1.29, 1.82) is 5.26 Å². The summed E-state index contributed by atoms with van der Waals surface area (Å²) in [5.41, 5.74) is 2.53. The maximum absolute atomic E-state index is 13.4. The average Bonchev–Trinajstić information content (AvgIpc) is 2.78. The molecular formula is C25H19ClFIN2O3. The summed E-state index contributed by atoms with van der Waals surface area (Å²) in [6, 6.07) is 16.6. The number of nitrogens with zero attached hydrogens (tertiary/aromatic N) is 1. The van der Waals surface area contributed by atoms with E-state index in [9.17, 15) is 14.4 Å². The molecule has 0 saturated heterocycles. The zero-order valence-corrected chi connectivity index (χ0v) is 20.7. The Morgan fingerprint density at radius 1 is 1.24 bits per heavy atom. The van der Waals surface area contributed by atoms with Gasteiger partial charge in [-0.15, -0.1) is 0 Å². The van der Waals surface area contributed by atoms with Gasteiger partial charge in [0.15, 0.2) is 11.5 Å². The second-order valence-corrected chi connectivity index (χ2v) is 8.63. The SMILES string of the molecule is COc1cc(/C=C(\C#N)C(=O)Nc2cc(Cl)ccc2C)cc(I)c1OCc1cccc(F)c1. The van der Waals surface area contributed by atoms with Gasteiger partial charge in [-0.2, -0.15) is 5.26 Å². The third-order valence-corrected chi connectivity index (χ3v) is 5.68. The van der Waals surface area contributed by atoms with Gasteiger partial charge in [0.05, 0.1) is 10.7 Å². The second-order valence-electron chi connectivity index (χ2n) is 7.04. The summed E-state index contributed by atoms with van der Waals surface area (Å²) in [4.78, 5) is 12.7. The molecule has 0 fully saturated rings. The molecule has 0 aliphatic carbocycles. The van der Waals surface area contributed by atoms with Crippen molar-refractivity contribution in [2.24, 2.45) is 0 Å². The lowest BCUT2D eigenvalue weighted by molar-refractivity contribution is -0.112. The van der Waals surface area contributed by atoms with Crippen LogP contribution in [0.5, 0.6) is 11.5 Å². The van der Waals surface area contributed by atoms with Gasteiger partial charge in [0.25, 0.3) is 5.91 Å². The first-order valence-corrected chi connectivity index (χ1v) is 11.2. The number of hydrogen-bond donors (Lipinski definition) is 1. The van der Waals surface area contributed by atoms with Crippen molar-refractivity contribution in [3.63, 3.8) is 0 Å². The topological polar surface area (TPSA) is 71.3 Å². The van der Waals surface area contributed by atoms with E-state index in [4.69, 9.17) is 21.1 Å². The van der Waals surface area contributed by atoms with Crippen LogP contribution in [0.2, 0.25) is 5.02 Å². The molecule has 0 atom stereocenters. The Morgan fingerprint density at radius 2 is 2.03 bits per heavy atom. The Kier molecular flexibility index (Phi) is 8.31. The molecule has 0 aromatic heterocycles. The average molecular weight is 577 g/mol. The van der Waals surface area contributed by atoms with Crippen LogP contribution in [0.15, 0.2) is 60.2 Å². The molecule has 0 saturated carbocycles. The summed E-state index contributed by atoms with van der Waals surface area (Å²) in [7, 11) is 1.49. The minimum atomic E-state index is -0.553. The molecule has 1 amide bonds. The fraction of sp³-hybridized carbons (Fsp3) is 0.120. The molecule has 3 aromatic rings. The Labute approximate surface area is 209 Å². The molecule has 0 radical (unpaired) electrons. The fourth-order valence-corrected chi connectivity index (χ4v) is 3.93. The van der Waals surface area contributed by atoms with Gasteiger partial charge in [-0.05, 0) is 88.7 Å². The molecule has 5 nitrogen and oxygen atoms in total. The first-order chi connectivity index (χ1) is 15.8. The van der Waals surface area contributed by atoms with Crippen molar-refractivity contribution in [3.8, 4) is 17.6 Å². The number of anilines is 1. The molecule has 3 aromatic carbocycles. The number of halogens is 3. The number of rotatable bonds is 7. The Bertz CT molecular complexity index is 1270. The molecular weight excluding hydrogens is 558 g/mol. The van der Waals surface area contributed by atoms with Crippen LogP contribution in [0.1, 0.15) is 16.7 Å². The number of aryl methyl sites for hydroxylation is 1. The number of carbonyl (C=O) groups excluding carboxylic acids is 1. The summed E-state index contributed by atoms with van der Waals surface area (Å²) >= 11 is 8.09. The molecule has 0 unspecified atom stereocenters. The maximum Gasteiger partial charge on any atom is 0.266 e. The van der Waals surface area contributed by atoms with Crippen LogP contribution in [0.25, 0.3) is 6.08 Å². The third kappa shape index (κ3) is 6.46. The minimum Gasteiger partial charge on any atom is -0.493 e. The summed E-state index contributed by atoms with van der Waals surface area (Å²) in [5.74, 6) is 0.0155. The predicted molar refractivity (Wildman–Crippen MR) is 135 cm³/mol. The van der Waals surface area contributed by atoms with E-state index in [-0.39, 0.29) is 18.0 Å². The van der Waals surface area contributed by atoms with Gasteiger partial charge in [-0.25, -0.2) is 4.39 Å². The van der Waals surface area contributed by atoms with Crippen molar-refractivity contribution in [3.05, 3.63) is 91.3 Å². The van der Waals surface area contributed by atoms with Gasteiger partial charge in [0.2, 0.25) is 0 Å². The maximum atomic E-state index is 13.4. The molecule has 0 heterocycles. The zero-order valence-electron chi connectivity index (χ0n) is 17.8. The highest BCUT2D eigenvalue weighted by Crippen LogP contribution is 2.35. The van der Waals surface area contributed by atoms with E-state index >= 15 is 0 Å². The van der Waals surface area contributed by atoms with Crippen molar-refractivity contribution < 1.29 is 18.7 Å². The number of carbonyl (C=O) groups is 1. The number of hydrogen-bond acceptors (Lipinski definition) is 4. The number of benzene rings is 3.